The molecule has 0 saturated carbocycles. The quantitative estimate of drug-likeness (QED) is 0.708. The van der Waals surface area contributed by atoms with Gasteiger partial charge in [0.25, 0.3) is 5.91 Å². The highest BCUT2D eigenvalue weighted by atomic mass is 19.1. The van der Waals surface area contributed by atoms with Gasteiger partial charge in [0, 0.05) is 38.3 Å². The molecule has 3 aliphatic rings. The lowest BCUT2D eigenvalue weighted by atomic mass is 9.78. The molecule has 34 heavy (non-hydrogen) atoms. The average molecular weight is 464 g/mol. The molecule has 2 saturated heterocycles. The summed E-state index contributed by atoms with van der Waals surface area (Å²) < 4.78 is 14.0. The summed E-state index contributed by atoms with van der Waals surface area (Å²) in [4.78, 5) is 25.9. The lowest BCUT2D eigenvalue weighted by Gasteiger charge is -2.32. The first-order chi connectivity index (χ1) is 16.5. The maximum atomic E-state index is 14.0. The number of aryl methyl sites for hydroxylation is 2. The second kappa shape index (κ2) is 9.82. The Morgan fingerprint density at radius 2 is 1.94 bits per heavy atom. The minimum absolute atomic E-state index is 0.0366. The van der Waals surface area contributed by atoms with Crippen molar-refractivity contribution in [2.45, 2.75) is 39.0 Å². The van der Waals surface area contributed by atoms with Gasteiger partial charge >= 0.3 is 0 Å². The highest BCUT2D eigenvalue weighted by Gasteiger charge is 2.37. The molecular weight excluding hydrogens is 429 g/mol. The Hall–Kier alpha value is -2.80. The Kier molecular flexibility index (Phi) is 6.63. The topological polar surface area (TPSA) is 61.4 Å². The number of benzene rings is 1. The smallest absolute Gasteiger partial charge is 0.257 e. The van der Waals surface area contributed by atoms with Crippen molar-refractivity contribution >= 4 is 5.91 Å². The Morgan fingerprint density at radius 3 is 2.65 bits per heavy atom. The van der Waals surface area contributed by atoms with Gasteiger partial charge in [0.15, 0.2) is 0 Å². The van der Waals surface area contributed by atoms with Crippen LogP contribution in [0, 0.1) is 31.5 Å². The van der Waals surface area contributed by atoms with Gasteiger partial charge < -0.3 is 15.1 Å². The first kappa shape index (κ1) is 23.0. The summed E-state index contributed by atoms with van der Waals surface area (Å²) in [7, 11) is 0. The third-order valence-electron chi connectivity index (χ3n) is 7.83. The number of nitrogens with one attached hydrogen (secondary N) is 1. The van der Waals surface area contributed by atoms with Crippen LogP contribution in [-0.4, -0.2) is 64.9 Å². The average Bonchev–Trinajstić information content (AvgIpc) is 3.39. The molecule has 0 aliphatic carbocycles. The van der Waals surface area contributed by atoms with E-state index in [0.717, 1.165) is 68.9 Å². The van der Waals surface area contributed by atoms with E-state index < -0.39 is 0 Å². The van der Waals surface area contributed by atoms with Gasteiger partial charge in [0.1, 0.15) is 12.1 Å². The zero-order chi connectivity index (χ0) is 23.7. The Labute approximate surface area is 201 Å². The molecule has 1 N–H and O–H groups in total. The van der Waals surface area contributed by atoms with Gasteiger partial charge in [-0.05, 0) is 81.3 Å². The zero-order valence-electron chi connectivity index (χ0n) is 20.1. The number of halogens is 1. The molecule has 1 aromatic heterocycles. The fourth-order valence-corrected chi connectivity index (χ4v) is 6.02. The van der Waals surface area contributed by atoms with Crippen molar-refractivity contribution in [1.82, 2.24) is 25.1 Å². The fourth-order valence-electron chi connectivity index (χ4n) is 6.02. The van der Waals surface area contributed by atoms with E-state index in [1.807, 2.05) is 24.8 Å². The lowest BCUT2D eigenvalue weighted by Crippen LogP contribution is -2.34. The molecule has 2 atom stereocenters. The van der Waals surface area contributed by atoms with Crippen LogP contribution >= 0.6 is 0 Å². The first-order valence-electron chi connectivity index (χ1n) is 12.5. The van der Waals surface area contributed by atoms with Crippen molar-refractivity contribution in [3.63, 3.8) is 0 Å². The third kappa shape index (κ3) is 4.71. The van der Waals surface area contributed by atoms with Gasteiger partial charge in [0.05, 0.1) is 17.0 Å². The number of amides is 1. The van der Waals surface area contributed by atoms with Gasteiger partial charge in [-0.1, -0.05) is 12.1 Å². The molecular formula is C27H34FN5O. The maximum absolute atomic E-state index is 14.0. The van der Waals surface area contributed by atoms with Gasteiger partial charge in [-0.15, -0.1) is 0 Å². The molecule has 3 aliphatic heterocycles. The number of piperidine rings is 1. The Bertz CT molecular complexity index is 1060. The molecule has 0 radical (unpaired) electrons. The molecule has 7 heteroatoms. The van der Waals surface area contributed by atoms with Crippen LogP contribution in [0.25, 0.3) is 0 Å². The van der Waals surface area contributed by atoms with Gasteiger partial charge in [-0.3, -0.25) is 4.79 Å². The number of fused-ring (bicyclic) bond motifs is 1. The molecule has 6 nitrogen and oxygen atoms in total. The van der Waals surface area contributed by atoms with E-state index in [2.05, 4.69) is 32.5 Å². The predicted octanol–water partition coefficient (Wildman–Crippen LogP) is 3.68. The van der Waals surface area contributed by atoms with Crippen molar-refractivity contribution in [2.24, 2.45) is 11.8 Å². The number of rotatable bonds is 6. The van der Waals surface area contributed by atoms with Crippen molar-refractivity contribution in [1.29, 1.82) is 0 Å². The second-order valence-corrected chi connectivity index (χ2v) is 10.0. The predicted molar refractivity (Wildman–Crippen MR) is 130 cm³/mol. The fraction of sp³-hybridized carbons (Fsp3) is 0.519. The van der Waals surface area contributed by atoms with Gasteiger partial charge in [-0.25, -0.2) is 14.4 Å². The molecule has 1 amide bonds. The normalized spacial score (nSPS) is 21.5. The van der Waals surface area contributed by atoms with Crippen LogP contribution in [0.15, 0.2) is 42.4 Å². The number of hydrogen-bond donors (Lipinski definition) is 1. The lowest BCUT2D eigenvalue weighted by molar-refractivity contribution is 0.0782. The Balaban J connectivity index is 1.24. The molecule has 0 spiro atoms. The molecule has 2 unspecified atom stereocenters. The van der Waals surface area contributed by atoms with Crippen molar-refractivity contribution in [2.75, 3.05) is 39.3 Å². The van der Waals surface area contributed by atoms with E-state index in [1.165, 1.54) is 18.0 Å². The van der Waals surface area contributed by atoms with E-state index in [-0.39, 0.29) is 11.7 Å². The van der Waals surface area contributed by atoms with E-state index in [4.69, 9.17) is 0 Å². The highest BCUT2D eigenvalue weighted by Crippen LogP contribution is 2.36. The third-order valence-corrected chi connectivity index (χ3v) is 7.83. The number of carbonyl (C=O) groups excluding carboxylic acids is 1. The van der Waals surface area contributed by atoms with E-state index in [1.54, 1.807) is 6.07 Å². The Morgan fingerprint density at radius 1 is 1.18 bits per heavy atom. The maximum Gasteiger partial charge on any atom is 0.257 e. The van der Waals surface area contributed by atoms with Gasteiger partial charge in [0.2, 0.25) is 0 Å². The molecule has 2 aromatic rings. The largest absolute Gasteiger partial charge is 0.377 e. The van der Waals surface area contributed by atoms with Crippen molar-refractivity contribution < 1.29 is 9.18 Å². The second-order valence-electron chi connectivity index (χ2n) is 10.0. The molecule has 4 heterocycles. The summed E-state index contributed by atoms with van der Waals surface area (Å²) in [6.07, 6.45) is 7.09. The summed E-state index contributed by atoms with van der Waals surface area (Å²) in [6, 6.07) is 7.19. The number of hydrogen-bond acceptors (Lipinski definition) is 5. The van der Waals surface area contributed by atoms with Crippen LogP contribution in [0.4, 0.5) is 4.39 Å². The molecule has 1 aromatic carbocycles. The monoisotopic (exact) mass is 463 g/mol. The van der Waals surface area contributed by atoms with Crippen LogP contribution in [0.3, 0.4) is 0 Å². The summed E-state index contributed by atoms with van der Waals surface area (Å²) >= 11 is 0. The number of carbonyl (C=O) groups is 1. The number of aromatic nitrogens is 2. The SMILES string of the molecule is Cc1ncnc(C)c1C(=O)N1CC2=CN(CCC(c3cccc(F)c3)C3CCNCC3)CC2C1. The van der Waals surface area contributed by atoms with Crippen molar-refractivity contribution in [3.05, 3.63) is 70.7 Å². The van der Waals surface area contributed by atoms with Crippen LogP contribution < -0.4 is 5.32 Å². The number of likely N-dealkylation sites (tertiary alicyclic amines) is 1. The van der Waals surface area contributed by atoms with Crippen LogP contribution in [0.5, 0.6) is 0 Å². The summed E-state index contributed by atoms with van der Waals surface area (Å²) in [6.45, 7) is 9.16. The van der Waals surface area contributed by atoms with Crippen LogP contribution in [0.1, 0.15) is 52.5 Å². The minimum Gasteiger partial charge on any atom is -0.377 e. The molecule has 2 fully saturated rings. The summed E-state index contributed by atoms with van der Waals surface area (Å²) in [5, 5.41) is 3.45. The standard InChI is InChI=1S/C27H34FN5O/c1-18-26(19(2)31-17-30-18)27(34)33-15-22-13-32(14-23(22)16-33)11-8-25(20-6-9-29-10-7-20)21-4-3-5-24(28)12-21/h3-5,12-13,17,20,23,25,29H,6-11,14-16H2,1-2H3. The van der Waals surface area contributed by atoms with E-state index in [0.29, 0.717) is 29.9 Å². The first-order valence-corrected chi connectivity index (χ1v) is 12.5. The summed E-state index contributed by atoms with van der Waals surface area (Å²) in [5.74, 6) is 1.24. The molecule has 5 rings (SSSR count). The van der Waals surface area contributed by atoms with E-state index in [9.17, 15) is 9.18 Å². The zero-order valence-corrected chi connectivity index (χ0v) is 20.1. The minimum atomic E-state index is -0.145. The van der Waals surface area contributed by atoms with Crippen LogP contribution in [0.2, 0.25) is 0 Å². The van der Waals surface area contributed by atoms with E-state index >= 15 is 0 Å². The number of nitrogens with zero attached hydrogens (tertiary/aromatic N) is 4. The molecule has 0 bridgehead atoms. The molecule has 180 valence electrons. The highest BCUT2D eigenvalue weighted by molar-refractivity contribution is 5.96. The van der Waals surface area contributed by atoms with Gasteiger partial charge in [-0.2, -0.15) is 0 Å². The summed E-state index contributed by atoms with van der Waals surface area (Å²) in [5.41, 5.74) is 4.59. The van der Waals surface area contributed by atoms with Crippen molar-refractivity contribution in [3.8, 4) is 0 Å². The van der Waals surface area contributed by atoms with Crippen LogP contribution in [-0.2, 0) is 0 Å².